The van der Waals surface area contributed by atoms with Crippen molar-refractivity contribution in [2.24, 2.45) is 11.7 Å². The SMILES string of the molecule is CC(C)C(C)(CN)NC(=O)c1cnc(-c2ccccc2)s1.Cl.Cl. The van der Waals surface area contributed by atoms with E-state index < -0.39 is 5.54 Å². The zero-order chi connectivity index (χ0) is 15.5. The minimum atomic E-state index is -0.409. The first-order chi connectivity index (χ1) is 9.96. The van der Waals surface area contributed by atoms with Crippen LogP contribution in [0.2, 0.25) is 0 Å². The van der Waals surface area contributed by atoms with Crippen LogP contribution < -0.4 is 11.1 Å². The lowest BCUT2D eigenvalue weighted by Crippen LogP contribution is -2.54. The number of nitrogens with two attached hydrogens (primary N) is 1. The van der Waals surface area contributed by atoms with Crippen molar-refractivity contribution in [2.45, 2.75) is 26.3 Å². The third-order valence-electron chi connectivity index (χ3n) is 3.85. The molecule has 3 N–H and O–H groups in total. The van der Waals surface area contributed by atoms with Crippen molar-refractivity contribution >= 4 is 42.1 Å². The van der Waals surface area contributed by atoms with Gasteiger partial charge >= 0.3 is 0 Å². The van der Waals surface area contributed by atoms with Crippen molar-refractivity contribution < 1.29 is 4.79 Å². The average Bonchev–Trinajstić information content (AvgIpc) is 2.97. The summed E-state index contributed by atoms with van der Waals surface area (Å²) in [6.45, 7) is 6.47. The number of halogens is 2. The Morgan fingerprint density at radius 1 is 1.30 bits per heavy atom. The summed E-state index contributed by atoms with van der Waals surface area (Å²) in [7, 11) is 0. The number of rotatable bonds is 5. The fourth-order valence-corrected chi connectivity index (χ4v) is 2.66. The van der Waals surface area contributed by atoms with Gasteiger partial charge in [-0.15, -0.1) is 36.2 Å². The first-order valence-electron chi connectivity index (χ1n) is 7.00. The summed E-state index contributed by atoms with van der Waals surface area (Å²) in [5.74, 6) is 0.143. The minimum absolute atomic E-state index is 0. The maximum atomic E-state index is 12.4. The normalized spacial score (nSPS) is 12.7. The molecule has 0 spiro atoms. The van der Waals surface area contributed by atoms with E-state index in [1.54, 1.807) is 6.20 Å². The van der Waals surface area contributed by atoms with E-state index in [-0.39, 0.29) is 36.6 Å². The van der Waals surface area contributed by atoms with E-state index in [1.807, 2.05) is 37.3 Å². The van der Waals surface area contributed by atoms with Crippen LogP contribution in [0.4, 0.5) is 0 Å². The van der Waals surface area contributed by atoms with Crippen LogP contribution in [0.15, 0.2) is 36.5 Å². The van der Waals surface area contributed by atoms with Gasteiger partial charge in [0.05, 0.1) is 11.7 Å². The summed E-state index contributed by atoms with van der Waals surface area (Å²) in [5, 5.41) is 3.88. The highest BCUT2D eigenvalue weighted by Crippen LogP contribution is 2.25. The largest absolute Gasteiger partial charge is 0.345 e. The predicted octanol–water partition coefficient (Wildman–Crippen LogP) is 3.76. The quantitative estimate of drug-likeness (QED) is 0.835. The molecule has 0 saturated carbocycles. The van der Waals surface area contributed by atoms with Gasteiger partial charge in [0.25, 0.3) is 5.91 Å². The number of amides is 1. The maximum Gasteiger partial charge on any atom is 0.263 e. The monoisotopic (exact) mass is 375 g/mol. The number of nitrogens with one attached hydrogen (secondary N) is 1. The molecular weight excluding hydrogens is 353 g/mol. The molecule has 0 bridgehead atoms. The first kappa shape index (κ1) is 21.9. The lowest BCUT2D eigenvalue weighted by molar-refractivity contribution is 0.0887. The molecule has 0 aliphatic heterocycles. The Labute approximate surface area is 153 Å². The number of benzene rings is 1. The highest BCUT2D eigenvalue weighted by molar-refractivity contribution is 7.16. The van der Waals surface area contributed by atoms with Crippen molar-refractivity contribution in [1.29, 1.82) is 0 Å². The molecule has 128 valence electrons. The van der Waals surface area contributed by atoms with Gasteiger partial charge in [0, 0.05) is 12.1 Å². The van der Waals surface area contributed by atoms with Crippen LogP contribution >= 0.6 is 36.2 Å². The summed E-state index contributed by atoms with van der Waals surface area (Å²) in [5.41, 5.74) is 6.42. The molecule has 1 heterocycles. The summed E-state index contributed by atoms with van der Waals surface area (Å²) in [6.07, 6.45) is 1.62. The van der Waals surface area contributed by atoms with Crippen LogP contribution in [0.3, 0.4) is 0 Å². The molecule has 4 nitrogen and oxygen atoms in total. The van der Waals surface area contributed by atoms with Crippen molar-refractivity contribution in [1.82, 2.24) is 10.3 Å². The van der Waals surface area contributed by atoms with E-state index in [4.69, 9.17) is 5.73 Å². The maximum absolute atomic E-state index is 12.4. The molecule has 0 saturated heterocycles. The molecule has 7 heteroatoms. The molecule has 2 aromatic rings. The van der Waals surface area contributed by atoms with Crippen LogP contribution in [0.25, 0.3) is 10.6 Å². The van der Waals surface area contributed by atoms with E-state index >= 15 is 0 Å². The molecule has 1 atom stereocenters. The number of nitrogens with zero attached hydrogens (tertiary/aromatic N) is 1. The summed E-state index contributed by atoms with van der Waals surface area (Å²) < 4.78 is 0. The van der Waals surface area contributed by atoms with E-state index in [1.165, 1.54) is 11.3 Å². The van der Waals surface area contributed by atoms with Crippen molar-refractivity contribution in [2.75, 3.05) is 6.54 Å². The van der Waals surface area contributed by atoms with Gasteiger partial charge in [0.1, 0.15) is 9.88 Å². The van der Waals surface area contributed by atoms with E-state index in [0.717, 1.165) is 10.6 Å². The molecule has 1 unspecified atom stereocenters. The molecule has 0 aliphatic carbocycles. The average molecular weight is 376 g/mol. The second kappa shape index (κ2) is 9.23. The van der Waals surface area contributed by atoms with Gasteiger partial charge in [-0.3, -0.25) is 4.79 Å². The molecule has 1 aromatic heterocycles. The van der Waals surface area contributed by atoms with Crippen LogP contribution in [0, 0.1) is 5.92 Å². The standard InChI is InChI=1S/C16H21N3OS.2ClH/c1-11(2)16(3,10-17)19-14(20)13-9-18-15(21-13)12-7-5-4-6-8-12;;/h4-9,11H,10,17H2,1-3H3,(H,19,20);2*1H. The Bertz CT molecular complexity index is 619. The van der Waals surface area contributed by atoms with Crippen LogP contribution in [-0.2, 0) is 0 Å². The van der Waals surface area contributed by atoms with Gasteiger partial charge in [0.2, 0.25) is 0 Å². The van der Waals surface area contributed by atoms with Crippen LogP contribution in [0.5, 0.6) is 0 Å². The smallest absolute Gasteiger partial charge is 0.263 e. The van der Waals surface area contributed by atoms with Gasteiger partial charge in [-0.05, 0) is 12.8 Å². The van der Waals surface area contributed by atoms with E-state index in [0.29, 0.717) is 11.4 Å². The van der Waals surface area contributed by atoms with Crippen LogP contribution in [-0.4, -0.2) is 23.0 Å². The summed E-state index contributed by atoms with van der Waals surface area (Å²) >= 11 is 1.39. The number of aromatic nitrogens is 1. The zero-order valence-corrected chi connectivity index (χ0v) is 15.9. The van der Waals surface area contributed by atoms with Gasteiger partial charge in [-0.1, -0.05) is 44.2 Å². The highest BCUT2D eigenvalue weighted by atomic mass is 35.5. The number of hydrogen-bond donors (Lipinski definition) is 2. The van der Waals surface area contributed by atoms with Crippen LogP contribution in [0.1, 0.15) is 30.4 Å². The Balaban J connectivity index is 0.00000242. The molecule has 23 heavy (non-hydrogen) atoms. The Hall–Kier alpha value is -1.14. The number of hydrogen-bond acceptors (Lipinski definition) is 4. The van der Waals surface area contributed by atoms with E-state index in [9.17, 15) is 4.79 Å². The molecule has 2 rings (SSSR count). The predicted molar refractivity (Wildman–Crippen MR) is 102 cm³/mol. The highest BCUT2D eigenvalue weighted by Gasteiger charge is 2.29. The summed E-state index contributed by atoms with van der Waals surface area (Å²) in [6, 6.07) is 9.85. The van der Waals surface area contributed by atoms with Gasteiger partial charge in [-0.25, -0.2) is 4.98 Å². The molecule has 1 aromatic carbocycles. The Morgan fingerprint density at radius 2 is 1.91 bits per heavy atom. The first-order valence-corrected chi connectivity index (χ1v) is 7.82. The van der Waals surface area contributed by atoms with E-state index in [2.05, 4.69) is 24.1 Å². The molecule has 0 aliphatic rings. The van der Waals surface area contributed by atoms with Crippen molar-refractivity contribution in [3.05, 3.63) is 41.4 Å². The lowest BCUT2D eigenvalue weighted by atomic mass is 9.88. The molecule has 1 amide bonds. The second-order valence-corrected chi connectivity index (χ2v) is 6.66. The Morgan fingerprint density at radius 3 is 2.43 bits per heavy atom. The minimum Gasteiger partial charge on any atom is -0.345 e. The zero-order valence-electron chi connectivity index (χ0n) is 13.4. The molecule has 0 fully saturated rings. The topological polar surface area (TPSA) is 68.0 Å². The van der Waals surface area contributed by atoms with Gasteiger partial charge in [-0.2, -0.15) is 0 Å². The van der Waals surface area contributed by atoms with Crippen molar-refractivity contribution in [3.8, 4) is 10.6 Å². The number of thiazole rings is 1. The Kier molecular flexibility index (Phi) is 8.77. The third kappa shape index (κ3) is 5.18. The third-order valence-corrected chi connectivity index (χ3v) is 4.89. The number of carbonyl (C=O) groups is 1. The lowest BCUT2D eigenvalue weighted by Gasteiger charge is -2.33. The molecular formula is C16H23Cl2N3OS. The fourth-order valence-electron chi connectivity index (χ4n) is 1.85. The summed E-state index contributed by atoms with van der Waals surface area (Å²) in [4.78, 5) is 17.3. The second-order valence-electron chi connectivity index (χ2n) is 5.63. The van der Waals surface area contributed by atoms with Crippen molar-refractivity contribution in [3.63, 3.8) is 0 Å². The van der Waals surface area contributed by atoms with Gasteiger partial charge < -0.3 is 11.1 Å². The molecule has 0 radical (unpaired) electrons. The number of carbonyl (C=O) groups excluding carboxylic acids is 1. The fraction of sp³-hybridized carbons (Fsp3) is 0.375. The van der Waals surface area contributed by atoms with Gasteiger partial charge in [0.15, 0.2) is 0 Å².